The number of hydrogen-bond donors (Lipinski definition) is 0. The molecule has 0 heterocycles. The highest BCUT2D eigenvalue weighted by Crippen LogP contribution is 2.20. The molecule has 1 rings (SSSR count). The second kappa shape index (κ2) is 4.58. The van der Waals surface area contributed by atoms with Gasteiger partial charge in [-0.05, 0) is 11.1 Å². The molecule has 0 saturated carbocycles. The maximum absolute atomic E-state index is 13.0. The fraction of sp³-hybridized carbons (Fsp3) is 0.333. The Hall–Kier alpha value is -1.61. The van der Waals surface area contributed by atoms with Crippen molar-refractivity contribution < 1.29 is 8.78 Å². The SMILES string of the molecule is [N-]=[N+]=NCC(F)(F)Cc1ccccc1. The van der Waals surface area contributed by atoms with Crippen molar-refractivity contribution in [2.24, 2.45) is 5.11 Å². The quantitative estimate of drug-likeness (QED) is 0.404. The highest BCUT2D eigenvalue weighted by molar-refractivity contribution is 5.16. The largest absolute Gasteiger partial charge is 0.257 e. The maximum atomic E-state index is 13.0. The van der Waals surface area contributed by atoms with Crippen molar-refractivity contribution in [2.75, 3.05) is 6.54 Å². The molecule has 0 aliphatic carbocycles. The lowest BCUT2D eigenvalue weighted by molar-refractivity contribution is 0.0116. The van der Waals surface area contributed by atoms with E-state index in [0.29, 0.717) is 5.56 Å². The summed E-state index contributed by atoms with van der Waals surface area (Å²) in [5.41, 5.74) is 8.45. The normalized spacial score (nSPS) is 10.7. The van der Waals surface area contributed by atoms with Gasteiger partial charge in [-0.1, -0.05) is 35.4 Å². The van der Waals surface area contributed by atoms with Crippen molar-refractivity contribution in [1.82, 2.24) is 0 Å². The van der Waals surface area contributed by atoms with Crippen LogP contribution in [0.25, 0.3) is 10.4 Å². The van der Waals surface area contributed by atoms with Crippen LogP contribution in [0.1, 0.15) is 5.56 Å². The summed E-state index contributed by atoms with van der Waals surface area (Å²) in [5, 5.41) is 2.87. The van der Waals surface area contributed by atoms with E-state index in [0.717, 1.165) is 0 Å². The Labute approximate surface area is 80.0 Å². The molecule has 0 aliphatic rings. The Morgan fingerprint density at radius 1 is 1.29 bits per heavy atom. The van der Waals surface area contributed by atoms with E-state index in [1.54, 1.807) is 30.3 Å². The summed E-state index contributed by atoms with van der Waals surface area (Å²) in [6.07, 6.45) is -0.396. The monoisotopic (exact) mass is 197 g/mol. The Morgan fingerprint density at radius 2 is 1.93 bits per heavy atom. The van der Waals surface area contributed by atoms with Gasteiger partial charge in [0, 0.05) is 11.3 Å². The molecule has 0 N–H and O–H groups in total. The molecular formula is C9H9F2N3. The number of rotatable bonds is 4. The minimum absolute atomic E-state index is 0.396. The van der Waals surface area contributed by atoms with E-state index < -0.39 is 18.9 Å². The summed E-state index contributed by atoms with van der Waals surface area (Å²) in [4.78, 5) is 2.31. The van der Waals surface area contributed by atoms with Crippen LogP contribution in [0.3, 0.4) is 0 Å². The zero-order chi connectivity index (χ0) is 10.4. The molecule has 0 fully saturated rings. The maximum Gasteiger partial charge on any atom is 0.257 e. The van der Waals surface area contributed by atoms with Crippen molar-refractivity contribution >= 4 is 0 Å². The van der Waals surface area contributed by atoms with Gasteiger partial charge in [-0.2, -0.15) is 0 Å². The summed E-state index contributed by atoms with van der Waals surface area (Å²) < 4.78 is 26.1. The first-order valence-corrected chi connectivity index (χ1v) is 4.07. The van der Waals surface area contributed by atoms with Crippen LogP contribution < -0.4 is 0 Å². The van der Waals surface area contributed by atoms with Crippen LogP contribution in [-0.4, -0.2) is 12.5 Å². The molecule has 0 amide bonds. The van der Waals surface area contributed by atoms with Gasteiger partial charge in [0.1, 0.15) is 0 Å². The van der Waals surface area contributed by atoms with Crippen molar-refractivity contribution in [3.63, 3.8) is 0 Å². The number of azide groups is 1. The molecule has 5 heteroatoms. The van der Waals surface area contributed by atoms with Crippen molar-refractivity contribution in [3.8, 4) is 0 Å². The Morgan fingerprint density at radius 3 is 2.50 bits per heavy atom. The smallest absolute Gasteiger partial charge is 0.206 e. The van der Waals surface area contributed by atoms with Crippen LogP contribution in [0, 0.1) is 0 Å². The highest BCUT2D eigenvalue weighted by Gasteiger charge is 2.27. The number of halogens is 2. The van der Waals surface area contributed by atoms with E-state index in [-0.39, 0.29) is 0 Å². The zero-order valence-electron chi connectivity index (χ0n) is 7.40. The average molecular weight is 197 g/mol. The molecule has 0 aliphatic heterocycles. The Kier molecular flexibility index (Phi) is 3.42. The number of nitrogens with zero attached hydrogens (tertiary/aromatic N) is 3. The van der Waals surface area contributed by atoms with Gasteiger partial charge in [0.15, 0.2) is 0 Å². The van der Waals surface area contributed by atoms with E-state index in [2.05, 4.69) is 10.0 Å². The first-order chi connectivity index (χ1) is 6.64. The van der Waals surface area contributed by atoms with Crippen LogP contribution in [-0.2, 0) is 6.42 Å². The van der Waals surface area contributed by atoms with E-state index in [4.69, 9.17) is 5.53 Å². The lowest BCUT2D eigenvalue weighted by Gasteiger charge is -2.12. The van der Waals surface area contributed by atoms with Crippen LogP contribution in [0.4, 0.5) is 8.78 Å². The first-order valence-electron chi connectivity index (χ1n) is 4.07. The van der Waals surface area contributed by atoms with E-state index in [1.165, 1.54) is 0 Å². The molecule has 3 nitrogen and oxygen atoms in total. The second-order valence-corrected chi connectivity index (χ2v) is 2.91. The third kappa shape index (κ3) is 3.41. The molecule has 74 valence electrons. The fourth-order valence-corrected chi connectivity index (χ4v) is 1.09. The standard InChI is InChI=1S/C9H9F2N3/c10-9(11,7-13-14-12)6-8-4-2-1-3-5-8/h1-5H,6-7H2. The molecule has 0 radical (unpaired) electrons. The summed E-state index contributed by atoms with van der Waals surface area (Å²) >= 11 is 0. The first kappa shape index (κ1) is 10.5. The predicted molar refractivity (Wildman–Crippen MR) is 49.1 cm³/mol. The molecule has 1 aromatic carbocycles. The van der Waals surface area contributed by atoms with Gasteiger partial charge >= 0.3 is 0 Å². The molecule has 14 heavy (non-hydrogen) atoms. The molecule has 0 atom stereocenters. The van der Waals surface area contributed by atoms with Gasteiger partial charge in [-0.15, -0.1) is 0 Å². The van der Waals surface area contributed by atoms with Gasteiger partial charge in [0.2, 0.25) is 0 Å². The minimum atomic E-state index is -2.96. The lowest BCUT2D eigenvalue weighted by atomic mass is 10.1. The molecule has 0 spiro atoms. The van der Waals surface area contributed by atoms with E-state index >= 15 is 0 Å². The lowest BCUT2D eigenvalue weighted by Crippen LogP contribution is -2.23. The van der Waals surface area contributed by atoms with Gasteiger partial charge in [0.25, 0.3) is 5.92 Å². The summed E-state index contributed by atoms with van der Waals surface area (Å²) in [6, 6.07) is 8.38. The summed E-state index contributed by atoms with van der Waals surface area (Å²) in [6.45, 7) is -0.793. The number of alkyl halides is 2. The Bertz CT molecular complexity index is 331. The molecule has 0 saturated heterocycles. The number of hydrogen-bond acceptors (Lipinski definition) is 1. The van der Waals surface area contributed by atoms with Crippen molar-refractivity contribution in [2.45, 2.75) is 12.3 Å². The van der Waals surface area contributed by atoms with Crippen molar-refractivity contribution in [3.05, 3.63) is 46.3 Å². The second-order valence-electron chi connectivity index (χ2n) is 2.91. The van der Waals surface area contributed by atoms with E-state index in [1.807, 2.05) is 0 Å². The zero-order valence-corrected chi connectivity index (χ0v) is 7.40. The predicted octanol–water partition coefficient (Wildman–Crippen LogP) is 3.17. The summed E-state index contributed by atoms with van der Waals surface area (Å²) in [5.74, 6) is -2.96. The third-order valence-electron chi connectivity index (χ3n) is 1.67. The van der Waals surface area contributed by atoms with Gasteiger partial charge < -0.3 is 0 Å². The van der Waals surface area contributed by atoms with Gasteiger partial charge in [0.05, 0.1) is 6.54 Å². The van der Waals surface area contributed by atoms with Crippen LogP contribution in [0.5, 0.6) is 0 Å². The summed E-state index contributed by atoms with van der Waals surface area (Å²) in [7, 11) is 0. The van der Waals surface area contributed by atoms with Crippen LogP contribution in [0.15, 0.2) is 35.4 Å². The molecule has 0 aromatic heterocycles. The molecule has 0 unspecified atom stereocenters. The van der Waals surface area contributed by atoms with Gasteiger partial charge in [-0.3, -0.25) is 0 Å². The fourth-order valence-electron chi connectivity index (χ4n) is 1.09. The highest BCUT2D eigenvalue weighted by atomic mass is 19.3. The van der Waals surface area contributed by atoms with Crippen LogP contribution >= 0.6 is 0 Å². The van der Waals surface area contributed by atoms with Crippen molar-refractivity contribution in [1.29, 1.82) is 0 Å². The topological polar surface area (TPSA) is 48.8 Å². The van der Waals surface area contributed by atoms with Gasteiger partial charge in [-0.25, -0.2) is 8.78 Å². The van der Waals surface area contributed by atoms with Crippen LogP contribution in [0.2, 0.25) is 0 Å². The van der Waals surface area contributed by atoms with E-state index in [9.17, 15) is 8.78 Å². The number of benzene rings is 1. The molecular weight excluding hydrogens is 188 g/mol. The third-order valence-corrected chi connectivity index (χ3v) is 1.67. The Balaban J connectivity index is 2.63. The average Bonchev–Trinajstić information content (AvgIpc) is 2.16. The molecule has 1 aromatic rings. The molecule has 0 bridgehead atoms. The minimum Gasteiger partial charge on any atom is -0.206 e.